The zero-order chi connectivity index (χ0) is 18.0. The first-order valence-corrected chi connectivity index (χ1v) is 9.25. The van der Waals surface area contributed by atoms with Crippen LogP contribution in [0.3, 0.4) is 0 Å². The van der Waals surface area contributed by atoms with Crippen LogP contribution in [0.2, 0.25) is 5.02 Å². The van der Waals surface area contributed by atoms with E-state index in [1.54, 1.807) is 36.7 Å². The van der Waals surface area contributed by atoms with Crippen LogP contribution in [-0.4, -0.2) is 18.0 Å². The zero-order valence-corrected chi connectivity index (χ0v) is 14.9. The number of sulfonamides is 1. The lowest BCUT2D eigenvalue weighted by atomic mass is 10.2. The highest BCUT2D eigenvalue weighted by Gasteiger charge is 2.18. The first-order chi connectivity index (χ1) is 11.9. The molecule has 0 spiro atoms. The highest BCUT2D eigenvalue weighted by Crippen LogP contribution is 2.23. The number of hydrogen-bond acceptors (Lipinski definition) is 3. The van der Waals surface area contributed by atoms with Crippen molar-refractivity contribution < 1.29 is 12.8 Å². The number of rotatable bonds is 5. The lowest BCUT2D eigenvalue weighted by molar-refractivity contribution is 0.580. The van der Waals surface area contributed by atoms with E-state index in [-0.39, 0.29) is 16.5 Å². The van der Waals surface area contributed by atoms with Crippen LogP contribution in [0.4, 0.5) is 4.39 Å². The predicted octanol–water partition coefficient (Wildman–Crippen LogP) is 3.45. The molecule has 0 saturated carbocycles. The number of nitrogens with zero attached hydrogens (tertiary/aromatic N) is 2. The third kappa shape index (κ3) is 3.89. The van der Waals surface area contributed by atoms with Crippen molar-refractivity contribution in [2.75, 3.05) is 0 Å². The van der Waals surface area contributed by atoms with E-state index in [1.165, 1.54) is 23.0 Å². The Morgan fingerprint density at radius 2 is 2.04 bits per heavy atom. The summed E-state index contributed by atoms with van der Waals surface area (Å²) in [5.41, 5.74) is 1.69. The normalized spacial score (nSPS) is 11.6. The molecule has 0 saturated heterocycles. The number of aromatic nitrogens is 2. The van der Waals surface area contributed by atoms with Crippen molar-refractivity contribution in [1.82, 2.24) is 14.3 Å². The van der Waals surface area contributed by atoms with E-state index >= 15 is 0 Å². The van der Waals surface area contributed by atoms with E-state index in [9.17, 15) is 12.8 Å². The van der Waals surface area contributed by atoms with Crippen molar-refractivity contribution in [2.24, 2.45) is 0 Å². The van der Waals surface area contributed by atoms with Gasteiger partial charge >= 0.3 is 0 Å². The highest BCUT2D eigenvalue weighted by molar-refractivity contribution is 7.89. The molecule has 130 valence electrons. The zero-order valence-electron chi connectivity index (χ0n) is 13.3. The van der Waals surface area contributed by atoms with E-state index in [2.05, 4.69) is 9.71 Å². The molecular formula is C17H15ClFN3O2S. The summed E-state index contributed by atoms with van der Waals surface area (Å²) in [6, 6.07) is 9.20. The molecule has 3 rings (SSSR count). The van der Waals surface area contributed by atoms with Gasteiger partial charge in [0, 0.05) is 18.9 Å². The van der Waals surface area contributed by atoms with Gasteiger partial charge in [0.05, 0.1) is 17.0 Å². The minimum atomic E-state index is -3.79. The van der Waals surface area contributed by atoms with E-state index < -0.39 is 15.8 Å². The largest absolute Gasteiger partial charge is 0.303 e. The van der Waals surface area contributed by atoms with Crippen LogP contribution in [0.1, 0.15) is 11.1 Å². The van der Waals surface area contributed by atoms with Crippen LogP contribution in [0.5, 0.6) is 0 Å². The predicted molar refractivity (Wildman–Crippen MR) is 93.7 cm³/mol. The molecule has 0 aliphatic rings. The number of benzene rings is 2. The third-order valence-electron chi connectivity index (χ3n) is 3.64. The summed E-state index contributed by atoms with van der Waals surface area (Å²) >= 11 is 6.01. The second-order valence-corrected chi connectivity index (χ2v) is 7.66. The fraction of sp³-hybridized carbons (Fsp3) is 0.118. The smallest absolute Gasteiger partial charge is 0.242 e. The maximum Gasteiger partial charge on any atom is 0.242 e. The molecular weight excluding hydrogens is 365 g/mol. The second kappa shape index (κ2) is 6.95. The van der Waals surface area contributed by atoms with E-state index in [4.69, 9.17) is 11.6 Å². The average molecular weight is 380 g/mol. The molecule has 0 aliphatic heterocycles. The quantitative estimate of drug-likeness (QED) is 0.738. The molecule has 1 aromatic heterocycles. The van der Waals surface area contributed by atoms with Crippen molar-refractivity contribution in [3.8, 4) is 5.69 Å². The van der Waals surface area contributed by atoms with Gasteiger partial charge in [0.25, 0.3) is 0 Å². The summed E-state index contributed by atoms with van der Waals surface area (Å²) in [4.78, 5) is 3.87. The molecule has 0 amide bonds. The second-order valence-electron chi connectivity index (χ2n) is 5.51. The molecule has 3 aromatic rings. The first kappa shape index (κ1) is 17.6. The van der Waals surface area contributed by atoms with E-state index in [0.29, 0.717) is 11.3 Å². The van der Waals surface area contributed by atoms with Crippen molar-refractivity contribution >= 4 is 21.6 Å². The molecule has 2 aromatic carbocycles. The summed E-state index contributed by atoms with van der Waals surface area (Å²) in [5.74, 6) is -0.469. The number of aryl methyl sites for hydroxylation is 1. The van der Waals surface area contributed by atoms with Crippen LogP contribution < -0.4 is 4.72 Å². The molecule has 8 heteroatoms. The van der Waals surface area contributed by atoms with Crippen molar-refractivity contribution in [3.63, 3.8) is 0 Å². The lowest BCUT2D eigenvalue weighted by Gasteiger charge is -2.10. The fourth-order valence-electron chi connectivity index (χ4n) is 2.35. The van der Waals surface area contributed by atoms with Crippen LogP contribution in [-0.2, 0) is 16.6 Å². The van der Waals surface area contributed by atoms with Gasteiger partial charge in [-0.1, -0.05) is 23.7 Å². The van der Waals surface area contributed by atoms with Crippen molar-refractivity contribution in [1.29, 1.82) is 0 Å². The van der Waals surface area contributed by atoms with Gasteiger partial charge in [-0.2, -0.15) is 0 Å². The Labute approximate surface area is 150 Å². The first-order valence-electron chi connectivity index (χ1n) is 7.39. The van der Waals surface area contributed by atoms with Gasteiger partial charge in [-0.05, 0) is 42.3 Å². The van der Waals surface area contributed by atoms with Gasteiger partial charge in [0.15, 0.2) is 0 Å². The Balaban J connectivity index is 1.78. The summed E-state index contributed by atoms with van der Waals surface area (Å²) in [7, 11) is -3.79. The number of hydrogen-bond donors (Lipinski definition) is 1. The van der Waals surface area contributed by atoms with Crippen LogP contribution >= 0.6 is 11.6 Å². The van der Waals surface area contributed by atoms with Crippen LogP contribution in [0.25, 0.3) is 5.69 Å². The van der Waals surface area contributed by atoms with Gasteiger partial charge in [-0.15, -0.1) is 0 Å². The monoisotopic (exact) mass is 379 g/mol. The highest BCUT2D eigenvalue weighted by atomic mass is 35.5. The summed E-state index contributed by atoms with van der Waals surface area (Å²) in [6.07, 6.45) is 4.66. The summed E-state index contributed by atoms with van der Waals surface area (Å²) < 4.78 is 42.9. The minimum Gasteiger partial charge on any atom is -0.303 e. The Hall–Kier alpha value is -2.22. The Bertz CT molecular complexity index is 1000. The molecule has 25 heavy (non-hydrogen) atoms. The van der Waals surface area contributed by atoms with Crippen LogP contribution in [0, 0.1) is 12.7 Å². The lowest BCUT2D eigenvalue weighted by Crippen LogP contribution is -2.23. The minimum absolute atomic E-state index is 0.00438. The average Bonchev–Trinajstić information content (AvgIpc) is 3.07. The number of halogens is 2. The maximum absolute atomic E-state index is 14.2. The molecule has 0 aliphatic carbocycles. The maximum atomic E-state index is 14.2. The van der Waals surface area contributed by atoms with Gasteiger partial charge < -0.3 is 4.57 Å². The molecule has 0 unspecified atom stereocenters. The number of nitrogens with one attached hydrogen (secondary N) is 1. The van der Waals surface area contributed by atoms with Crippen molar-refractivity contribution in [3.05, 3.63) is 77.1 Å². The SMILES string of the molecule is Cc1ccc(S(=O)(=O)NCc2ccc(-n3ccnc3)c(F)c2)c(Cl)c1. The molecule has 0 radical (unpaired) electrons. The molecule has 0 bridgehead atoms. The molecule has 0 fully saturated rings. The van der Waals surface area contributed by atoms with Gasteiger partial charge in [0.2, 0.25) is 10.0 Å². The van der Waals surface area contributed by atoms with E-state index in [1.807, 2.05) is 6.92 Å². The van der Waals surface area contributed by atoms with Crippen molar-refractivity contribution in [2.45, 2.75) is 18.4 Å². The van der Waals surface area contributed by atoms with Gasteiger partial charge in [0.1, 0.15) is 10.7 Å². The van der Waals surface area contributed by atoms with Gasteiger partial charge in [-0.3, -0.25) is 0 Å². The standard InChI is InChI=1S/C17H15ClFN3O2S/c1-12-2-5-17(14(18)8-12)25(23,24)21-10-13-3-4-16(15(19)9-13)22-7-6-20-11-22/h2-9,11,21H,10H2,1H3. The molecule has 0 atom stereocenters. The summed E-state index contributed by atoms with van der Waals surface area (Å²) in [6.45, 7) is 1.77. The van der Waals surface area contributed by atoms with Gasteiger partial charge in [-0.25, -0.2) is 22.5 Å². The fourth-order valence-corrected chi connectivity index (χ4v) is 3.97. The van der Waals surface area contributed by atoms with E-state index in [0.717, 1.165) is 5.56 Å². The third-order valence-corrected chi connectivity index (χ3v) is 5.52. The Morgan fingerprint density at radius 1 is 1.24 bits per heavy atom. The summed E-state index contributed by atoms with van der Waals surface area (Å²) in [5, 5.41) is 0.147. The topological polar surface area (TPSA) is 64.0 Å². The Morgan fingerprint density at radius 3 is 2.68 bits per heavy atom. The molecule has 1 heterocycles. The van der Waals surface area contributed by atoms with Crippen LogP contribution in [0.15, 0.2) is 60.0 Å². The molecule has 5 nitrogen and oxygen atoms in total. The Kier molecular flexibility index (Phi) is 4.89. The molecule has 1 N–H and O–H groups in total. The number of imidazole rings is 1.